The first-order valence-corrected chi connectivity index (χ1v) is 9.04. The van der Waals surface area contributed by atoms with Crippen molar-refractivity contribution in [3.05, 3.63) is 60.2 Å². The highest BCUT2D eigenvalue weighted by Gasteiger charge is 2.54. The maximum absolute atomic E-state index is 12.9. The van der Waals surface area contributed by atoms with Gasteiger partial charge in [0.15, 0.2) is 0 Å². The molecule has 2 amide bonds. The fourth-order valence-electron chi connectivity index (χ4n) is 4.11. The Morgan fingerprint density at radius 2 is 1.96 bits per heavy atom. The van der Waals surface area contributed by atoms with Gasteiger partial charge in [0.05, 0.1) is 11.5 Å². The summed E-state index contributed by atoms with van der Waals surface area (Å²) in [6, 6.07) is 7.33. The van der Waals surface area contributed by atoms with E-state index in [1.807, 2.05) is 17.0 Å². The number of amides is 2. The van der Waals surface area contributed by atoms with Crippen LogP contribution in [0.25, 0.3) is 0 Å². The van der Waals surface area contributed by atoms with Gasteiger partial charge < -0.3 is 10.2 Å². The van der Waals surface area contributed by atoms with Gasteiger partial charge in [0.1, 0.15) is 0 Å². The molecular formula is C20H22N4O2. The maximum Gasteiger partial charge on any atom is 0.255 e. The lowest BCUT2D eigenvalue weighted by molar-refractivity contribution is -0.129. The van der Waals surface area contributed by atoms with Crippen LogP contribution in [0.4, 0.5) is 0 Å². The fraction of sp³-hybridized carbons (Fsp3) is 0.400. The highest BCUT2D eigenvalue weighted by molar-refractivity contribution is 5.95. The molecule has 0 bridgehead atoms. The fourth-order valence-corrected chi connectivity index (χ4v) is 4.11. The SMILES string of the molecule is O=C(NCc1ccncc1)C1CN(C(=O)c2cccnc2)CC12CCC2. The minimum Gasteiger partial charge on any atom is -0.352 e. The minimum atomic E-state index is -0.140. The Bertz CT molecular complexity index is 790. The highest BCUT2D eigenvalue weighted by atomic mass is 16.2. The molecule has 134 valence electrons. The van der Waals surface area contributed by atoms with E-state index < -0.39 is 0 Å². The molecule has 4 rings (SSSR count). The van der Waals surface area contributed by atoms with E-state index >= 15 is 0 Å². The van der Waals surface area contributed by atoms with Gasteiger partial charge in [0, 0.05) is 49.8 Å². The molecule has 1 N–H and O–H groups in total. The summed E-state index contributed by atoms with van der Waals surface area (Å²) < 4.78 is 0. The summed E-state index contributed by atoms with van der Waals surface area (Å²) in [5, 5.41) is 3.05. The van der Waals surface area contributed by atoms with E-state index in [1.54, 1.807) is 36.9 Å². The summed E-state index contributed by atoms with van der Waals surface area (Å²) in [5.41, 5.74) is 1.55. The first-order chi connectivity index (χ1) is 12.7. The molecule has 2 aliphatic rings. The van der Waals surface area contributed by atoms with Crippen LogP contribution in [-0.2, 0) is 11.3 Å². The average molecular weight is 350 g/mol. The smallest absolute Gasteiger partial charge is 0.255 e. The Hall–Kier alpha value is -2.76. The molecule has 3 heterocycles. The third kappa shape index (κ3) is 3.07. The summed E-state index contributed by atoms with van der Waals surface area (Å²) in [5.74, 6) is -0.129. The second kappa shape index (κ2) is 6.86. The van der Waals surface area contributed by atoms with Gasteiger partial charge in [-0.05, 0) is 42.7 Å². The summed E-state index contributed by atoms with van der Waals surface area (Å²) in [4.78, 5) is 35.5. The molecule has 1 saturated carbocycles. The number of aromatic nitrogens is 2. The van der Waals surface area contributed by atoms with E-state index in [4.69, 9.17) is 0 Å². The standard InChI is InChI=1S/C20H22N4O2/c25-18(23-11-15-4-9-21-10-5-15)17-13-24(14-20(17)6-2-7-20)19(26)16-3-1-8-22-12-16/h1,3-5,8-10,12,17H,2,6-7,11,13-14H2,(H,23,25). The van der Waals surface area contributed by atoms with Gasteiger partial charge in [0.25, 0.3) is 5.91 Å². The van der Waals surface area contributed by atoms with Crippen LogP contribution < -0.4 is 5.32 Å². The normalized spacial score (nSPS) is 20.6. The van der Waals surface area contributed by atoms with Crippen molar-refractivity contribution in [3.63, 3.8) is 0 Å². The van der Waals surface area contributed by atoms with Crippen molar-refractivity contribution in [1.82, 2.24) is 20.2 Å². The van der Waals surface area contributed by atoms with Crippen LogP contribution in [0.1, 0.15) is 35.2 Å². The summed E-state index contributed by atoms with van der Waals surface area (Å²) in [6.07, 6.45) is 9.84. The number of hydrogen-bond acceptors (Lipinski definition) is 4. The Kier molecular flexibility index (Phi) is 4.41. The molecule has 1 aliphatic carbocycles. The van der Waals surface area contributed by atoms with Crippen molar-refractivity contribution < 1.29 is 9.59 Å². The van der Waals surface area contributed by atoms with Gasteiger partial charge in [-0.25, -0.2) is 0 Å². The molecule has 2 aromatic rings. The van der Waals surface area contributed by atoms with Crippen molar-refractivity contribution in [3.8, 4) is 0 Å². The molecule has 1 aliphatic heterocycles. The third-order valence-corrected chi connectivity index (χ3v) is 5.73. The van der Waals surface area contributed by atoms with E-state index in [1.165, 1.54) is 0 Å². The van der Waals surface area contributed by atoms with Crippen molar-refractivity contribution in [2.75, 3.05) is 13.1 Å². The van der Waals surface area contributed by atoms with Crippen LogP contribution in [0, 0.1) is 11.3 Å². The number of rotatable bonds is 4. The molecule has 26 heavy (non-hydrogen) atoms. The molecule has 6 nitrogen and oxygen atoms in total. The summed E-state index contributed by atoms with van der Waals surface area (Å²) in [7, 11) is 0. The third-order valence-electron chi connectivity index (χ3n) is 5.73. The molecule has 2 aromatic heterocycles. The summed E-state index contributed by atoms with van der Waals surface area (Å²) in [6.45, 7) is 1.63. The predicted octanol–water partition coefficient (Wildman–Crippen LogP) is 2.04. The lowest BCUT2D eigenvalue weighted by Gasteiger charge is -2.41. The zero-order valence-electron chi connectivity index (χ0n) is 14.6. The number of carbonyl (C=O) groups is 2. The van der Waals surface area contributed by atoms with Crippen LogP contribution >= 0.6 is 0 Å². The van der Waals surface area contributed by atoms with Crippen molar-refractivity contribution in [2.45, 2.75) is 25.8 Å². The van der Waals surface area contributed by atoms with Crippen LogP contribution in [0.3, 0.4) is 0 Å². The van der Waals surface area contributed by atoms with Crippen molar-refractivity contribution in [1.29, 1.82) is 0 Å². The molecule has 1 unspecified atom stereocenters. The quantitative estimate of drug-likeness (QED) is 0.916. The topological polar surface area (TPSA) is 75.2 Å². The zero-order valence-corrected chi connectivity index (χ0v) is 14.6. The summed E-state index contributed by atoms with van der Waals surface area (Å²) >= 11 is 0. The number of carbonyl (C=O) groups excluding carboxylic acids is 2. The largest absolute Gasteiger partial charge is 0.352 e. The average Bonchev–Trinajstić information content (AvgIpc) is 3.08. The maximum atomic E-state index is 12.9. The minimum absolute atomic E-state index is 0.0335. The highest BCUT2D eigenvalue weighted by Crippen LogP contribution is 2.51. The van der Waals surface area contributed by atoms with Crippen LogP contribution in [0.5, 0.6) is 0 Å². The van der Waals surface area contributed by atoms with Gasteiger partial charge >= 0.3 is 0 Å². The first-order valence-electron chi connectivity index (χ1n) is 9.04. The Labute approximate surface area is 152 Å². The van der Waals surface area contributed by atoms with E-state index in [9.17, 15) is 9.59 Å². The number of hydrogen-bond donors (Lipinski definition) is 1. The first kappa shape index (κ1) is 16.7. The lowest BCUT2D eigenvalue weighted by Crippen LogP contribution is -2.45. The van der Waals surface area contributed by atoms with Crippen LogP contribution in [-0.4, -0.2) is 39.8 Å². The second-order valence-corrected chi connectivity index (χ2v) is 7.27. The van der Waals surface area contributed by atoms with Crippen LogP contribution in [0.15, 0.2) is 49.1 Å². The van der Waals surface area contributed by atoms with E-state index in [0.717, 1.165) is 24.8 Å². The van der Waals surface area contributed by atoms with Gasteiger partial charge in [-0.15, -0.1) is 0 Å². The Morgan fingerprint density at radius 1 is 1.15 bits per heavy atom. The monoisotopic (exact) mass is 350 g/mol. The molecule has 0 aromatic carbocycles. The van der Waals surface area contributed by atoms with Crippen LogP contribution in [0.2, 0.25) is 0 Å². The number of pyridine rings is 2. The Morgan fingerprint density at radius 3 is 2.62 bits per heavy atom. The molecule has 0 radical (unpaired) electrons. The van der Waals surface area contributed by atoms with Crippen molar-refractivity contribution in [2.24, 2.45) is 11.3 Å². The molecular weight excluding hydrogens is 328 g/mol. The number of likely N-dealkylation sites (tertiary alicyclic amines) is 1. The van der Waals surface area contributed by atoms with Crippen molar-refractivity contribution >= 4 is 11.8 Å². The van der Waals surface area contributed by atoms with Gasteiger partial charge in [0.2, 0.25) is 5.91 Å². The molecule has 1 atom stereocenters. The van der Waals surface area contributed by atoms with E-state index in [-0.39, 0.29) is 23.1 Å². The zero-order chi connectivity index (χ0) is 18.0. The van der Waals surface area contributed by atoms with Gasteiger partial charge in [-0.3, -0.25) is 19.6 Å². The van der Waals surface area contributed by atoms with Gasteiger partial charge in [-0.2, -0.15) is 0 Å². The van der Waals surface area contributed by atoms with Gasteiger partial charge in [-0.1, -0.05) is 6.42 Å². The number of nitrogens with zero attached hydrogens (tertiary/aromatic N) is 3. The predicted molar refractivity (Wildman–Crippen MR) is 96.0 cm³/mol. The second-order valence-electron chi connectivity index (χ2n) is 7.27. The number of nitrogens with one attached hydrogen (secondary N) is 1. The molecule has 1 spiro atoms. The molecule has 2 fully saturated rings. The molecule has 1 saturated heterocycles. The Balaban J connectivity index is 1.45. The van der Waals surface area contributed by atoms with E-state index in [0.29, 0.717) is 25.2 Å². The molecule has 6 heteroatoms. The van der Waals surface area contributed by atoms with E-state index in [2.05, 4.69) is 15.3 Å². The lowest BCUT2D eigenvalue weighted by atomic mass is 9.62.